The summed E-state index contributed by atoms with van der Waals surface area (Å²) in [6.45, 7) is 0. The van der Waals surface area contributed by atoms with Crippen LogP contribution in [0.3, 0.4) is 0 Å². The minimum atomic E-state index is -0.714. The highest BCUT2D eigenvalue weighted by atomic mass is 15.2. The normalized spacial score (nSPS) is 15.4. The van der Waals surface area contributed by atoms with Gasteiger partial charge in [0.25, 0.3) is 0 Å². The summed E-state index contributed by atoms with van der Waals surface area (Å²) in [5, 5.41) is 2.35. The quantitative estimate of drug-likeness (QED) is 0.159. The number of nitrogens with zero attached hydrogens (tertiary/aromatic N) is 3. The van der Waals surface area contributed by atoms with Gasteiger partial charge in [-0.05, 0) is 129 Å². The average Bonchev–Trinajstić information content (AvgIpc) is 4.01. The molecule has 1 atom stereocenters. The van der Waals surface area contributed by atoms with Gasteiger partial charge in [-0.3, -0.25) is 0 Å². The van der Waals surface area contributed by atoms with Crippen molar-refractivity contribution in [2.75, 3.05) is 9.80 Å². The first-order valence-electron chi connectivity index (χ1n) is 24.2. The SMILES string of the molecule is [2H]c1c([2H])c([2H])c(N(c2ccccc2)c2ccc3c(c2)-c2ccccc2C32c3ccccc3-c3ccc(N(c4ccccc4)c4cccc5c6ccccc6n(-c6ccccc6)c45)cc32)c([2H])c1[2H]. The van der Waals surface area contributed by atoms with Crippen LogP contribution in [-0.4, -0.2) is 4.57 Å². The third kappa shape index (κ3) is 5.22. The van der Waals surface area contributed by atoms with Gasteiger partial charge in [-0.1, -0.05) is 164 Å². The number of anilines is 6. The van der Waals surface area contributed by atoms with Crippen LogP contribution < -0.4 is 9.80 Å². The Balaban J connectivity index is 1.07. The molecule has 0 fully saturated rings. The highest BCUT2D eigenvalue weighted by Gasteiger charge is 2.52. The number of para-hydroxylation sites is 6. The fourth-order valence-electron chi connectivity index (χ4n) is 10.8. The molecule has 0 N–H and O–H groups in total. The highest BCUT2D eigenvalue weighted by molar-refractivity contribution is 6.14. The van der Waals surface area contributed by atoms with Crippen molar-refractivity contribution < 1.29 is 6.85 Å². The molecule has 1 spiro atoms. The smallest absolute Gasteiger partial charge is 0.0782 e. The fourth-order valence-corrected chi connectivity index (χ4v) is 10.8. The zero-order valence-corrected chi connectivity index (χ0v) is 34.6. The number of aromatic nitrogens is 1. The van der Waals surface area contributed by atoms with Crippen LogP contribution in [0.5, 0.6) is 0 Å². The Labute approximate surface area is 380 Å². The van der Waals surface area contributed by atoms with Gasteiger partial charge in [0, 0.05) is 44.9 Å². The van der Waals surface area contributed by atoms with Gasteiger partial charge in [-0.25, -0.2) is 0 Å². The third-order valence-corrected chi connectivity index (χ3v) is 13.2. The Morgan fingerprint density at radius 1 is 0.359 bits per heavy atom. The summed E-state index contributed by atoms with van der Waals surface area (Å²) in [5.74, 6) is 0. The predicted octanol–water partition coefficient (Wildman–Crippen LogP) is 16.1. The van der Waals surface area contributed by atoms with E-state index in [-0.39, 0.29) is 29.9 Å². The summed E-state index contributed by atoms with van der Waals surface area (Å²) in [7, 11) is 0. The molecule has 2 aliphatic rings. The monoisotopic (exact) mass is 820 g/mol. The summed E-state index contributed by atoms with van der Waals surface area (Å²) in [6, 6.07) is 75.1. The molecule has 10 aromatic carbocycles. The minimum absolute atomic E-state index is 0.0941. The van der Waals surface area contributed by atoms with Gasteiger partial charge in [0.15, 0.2) is 0 Å². The van der Waals surface area contributed by atoms with Crippen LogP contribution in [0.1, 0.15) is 29.1 Å². The molecule has 0 bridgehead atoms. The van der Waals surface area contributed by atoms with E-state index in [2.05, 4.69) is 191 Å². The zero-order valence-electron chi connectivity index (χ0n) is 39.6. The molecule has 11 aromatic rings. The van der Waals surface area contributed by atoms with E-state index in [1.54, 1.807) is 4.90 Å². The summed E-state index contributed by atoms with van der Waals surface area (Å²) < 4.78 is 46.3. The predicted molar refractivity (Wildman–Crippen MR) is 266 cm³/mol. The maximum Gasteiger partial charge on any atom is 0.0782 e. The first-order chi connectivity index (χ1) is 33.9. The molecule has 0 radical (unpaired) electrons. The molecular formula is C61H41N3. The summed E-state index contributed by atoms with van der Waals surface area (Å²) in [6.07, 6.45) is 0. The van der Waals surface area contributed by atoms with E-state index < -0.39 is 11.5 Å². The van der Waals surface area contributed by atoms with Gasteiger partial charge in [-0.15, -0.1) is 0 Å². The zero-order chi connectivity index (χ0) is 46.5. The van der Waals surface area contributed by atoms with Crippen molar-refractivity contribution in [3.05, 3.63) is 271 Å². The molecule has 0 amide bonds. The average molecular weight is 821 g/mol. The van der Waals surface area contributed by atoms with E-state index in [0.717, 1.165) is 61.6 Å². The number of fused-ring (bicyclic) bond motifs is 13. The topological polar surface area (TPSA) is 11.4 Å². The van der Waals surface area contributed by atoms with Crippen LogP contribution in [0.4, 0.5) is 34.1 Å². The third-order valence-electron chi connectivity index (χ3n) is 13.2. The summed E-state index contributed by atoms with van der Waals surface area (Å²) >= 11 is 0. The maximum atomic E-state index is 9.12. The second-order valence-electron chi connectivity index (χ2n) is 16.5. The number of benzene rings is 10. The van der Waals surface area contributed by atoms with Gasteiger partial charge < -0.3 is 14.4 Å². The lowest BCUT2D eigenvalue weighted by molar-refractivity contribution is 0.793. The lowest BCUT2D eigenvalue weighted by Gasteiger charge is -2.33. The van der Waals surface area contributed by atoms with Crippen LogP contribution in [-0.2, 0) is 5.41 Å². The second-order valence-corrected chi connectivity index (χ2v) is 16.5. The number of hydrogen-bond acceptors (Lipinski definition) is 2. The van der Waals surface area contributed by atoms with Crippen LogP contribution in [0.2, 0.25) is 0 Å². The standard InChI is InChI=1S/C61H41N3/c1-5-20-42(21-6-1)62(43-22-7-2-8-23-43)46-37-39-56-53(40-46)49-29-14-17-33-55(49)61(56)54-32-16-13-28-48(54)50-38-36-47(41-57(50)61)63(44-24-9-3-10-25-44)59-35-19-31-52-51-30-15-18-34-58(51)64(60(52)59)45-26-11-4-12-27-45/h1-41H/i1D,5D,6D,20D,21D. The minimum Gasteiger partial charge on any atom is -0.310 e. The molecule has 0 saturated heterocycles. The Morgan fingerprint density at radius 2 is 0.906 bits per heavy atom. The van der Waals surface area contributed by atoms with Crippen molar-refractivity contribution >= 4 is 55.9 Å². The van der Waals surface area contributed by atoms with E-state index in [9.17, 15) is 0 Å². The molecule has 0 aliphatic heterocycles. The lowest BCUT2D eigenvalue weighted by atomic mass is 9.70. The molecule has 1 heterocycles. The molecule has 3 nitrogen and oxygen atoms in total. The summed E-state index contributed by atoms with van der Waals surface area (Å²) in [4.78, 5) is 4.20. The Morgan fingerprint density at radius 3 is 1.64 bits per heavy atom. The maximum absolute atomic E-state index is 9.12. The largest absolute Gasteiger partial charge is 0.310 e. The van der Waals surface area contributed by atoms with Crippen molar-refractivity contribution in [3.63, 3.8) is 0 Å². The van der Waals surface area contributed by atoms with Gasteiger partial charge in [-0.2, -0.15) is 0 Å². The van der Waals surface area contributed by atoms with Crippen molar-refractivity contribution in [2.24, 2.45) is 0 Å². The highest BCUT2D eigenvalue weighted by Crippen LogP contribution is 2.64. The Kier molecular flexibility index (Phi) is 7.04. The van der Waals surface area contributed by atoms with Crippen molar-refractivity contribution in [1.82, 2.24) is 4.57 Å². The number of hydrogen-bond donors (Lipinski definition) is 0. The molecule has 64 heavy (non-hydrogen) atoms. The van der Waals surface area contributed by atoms with Gasteiger partial charge in [0.1, 0.15) is 0 Å². The van der Waals surface area contributed by atoms with Crippen molar-refractivity contribution in [2.45, 2.75) is 5.41 Å². The Bertz CT molecular complexity index is 3840. The molecule has 2 aliphatic carbocycles. The first kappa shape index (κ1) is 31.4. The van der Waals surface area contributed by atoms with Crippen LogP contribution >= 0.6 is 0 Å². The Hall–Kier alpha value is -8.40. The van der Waals surface area contributed by atoms with Gasteiger partial charge in [0.05, 0.1) is 29.0 Å². The molecule has 1 aromatic heterocycles. The lowest BCUT2D eigenvalue weighted by Crippen LogP contribution is -2.26. The van der Waals surface area contributed by atoms with Crippen molar-refractivity contribution in [1.29, 1.82) is 0 Å². The van der Waals surface area contributed by atoms with E-state index in [1.807, 2.05) is 36.4 Å². The molecule has 3 heteroatoms. The molecule has 300 valence electrons. The second kappa shape index (κ2) is 14.3. The van der Waals surface area contributed by atoms with Crippen LogP contribution in [0.25, 0.3) is 49.7 Å². The van der Waals surface area contributed by atoms with Crippen LogP contribution in [0.15, 0.2) is 249 Å². The van der Waals surface area contributed by atoms with Crippen LogP contribution in [0, 0.1) is 0 Å². The molecule has 0 saturated carbocycles. The molecular weight excluding hydrogens is 775 g/mol. The summed E-state index contributed by atoms with van der Waals surface area (Å²) in [5.41, 5.74) is 16.2. The van der Waals surface area contributed by atoms with Crippen molar-refractivity contribution in [3.8, 4) is 27.9 Å². The van der Waals surface area contributed by atoms with E-state index in [4.69, 9.17) is 6.85 Å². The van der Waals surface area contributed by atoms with E-state index in [0.29, 0.717) is 11.4 Å². The number of rotatable bonds is 7. The molecule has 13 rings (SSSR count). The van der Waals surface area contributed by atoms with E-state index in [1.165, 1.54) is 27.5 Å². The molecule has 1 unspecified atom stereocenters. The van der Waals surface area contributed by atoms with E-state index >= 15 is 0 Å². The first-order valence-corrected chi connectivity index (χ1v) is 21.7. The van der Waals surface area contributed by atoms with Gasteiger partial charge >= 0.3 is 0 Å². The fraction of sp³-hybridized carbons (Fsp3) is 0.0164. The van der Waals surface area contributed by atoms with Gasteiger partial charge in [0.2, 0.25) is 0 Å².